The van der Waals surface area contributed by atoms with Crippen molar-refractivity contribution in [3.8, 4) is 11.1 Å². The maximum absolute atomic E-state index is 10.9. The van der Waals surface area contributed by atoms with Gasteiger partial charge >= 0.3 is 5.97 Å². The van der Waals surface area contributed by atoms with Gasteiger partial charge in [-0.05, 0) is 34.6 Å². The molecule has 0 saturated heterocycles. The van der Waals surface area contributed by atoms with E-state index in [-0.39, 0.29) is 5.69 Å². The Kier molecular flexibility index (Phi) is 4.41. The zero-order valence-electron chi connectivity index (χ0n) is 12.9. The van der Waals surface area contributed by atoms with Gasteiger partial charge in [0, 0.05) is 11.8 Å². The van der Waals surface area contributed by atoms with Crippen LogP contribution in [0.1, 0.15) is 61.1 Å². The Hall–Kier alpha value is -2.16. The molecule has 0 atom stereocenters. The number of benzene rings is 1. The Bertz CT molecular complexity index is 643. The number of pyridine rings is 1. The molecule has 0 aliphatic heterocycles. The average Bonchev–Trinajstić information content (AvgIpc) is 2.46. The molecule has 3 nitrogen and oxygen atoms in total. The van der Waals surface area contributed by atoms with Crippen LogP contribution >= 0.6 is 0 Å². The molecule has 1 heterocycles. The predicted molar refractivity (Wildman–Crippen MR) is 84.8 cm³/mol. The summed E-state index contributed by atoms with van der Waals surface area (Å²) < 4.78 is 0. The molecule has 21 heavy (non-hydrogen) atoms. The topological polar surface area (TPSA) is 50.2 Å². The normalized spacial score (nSPS) is 11.1. The van der Waals surface area contributed by atoms with Crippen molar-refractivity contribution in [3.05, 3.63) is 53.3 Å². The number of carboxylic acids is 1. The van der Waals surface area contributed by atoms with Crippen LogP contribution in [0.4, 0.5) is 0 Å². The molecule has 0 unspecified atom stereocenters. The molecule has 2 aromatic rings. The summed E-state index contributed by atoms with van der Waals surface area (Å²) >= 11 is 0. The van der Waals surface area contributed by atoms with Crippen LogP contribution in [0.3, 0.4) is 0 Å². The standard InChI is InChI=1S/C18H21NO2/c1-11(2)13-5-7-15(16(9-13)12(3)4)14-6-8-17(18(20)21)19-10-14/h5-12H,1-4H3,(H,20,21). The van der Waals surface area contributed by atoms with Gasteiger partial charge in [-0.15, -0.1) is 0 Å². The number of rotatable bonds is 4. The molecule has 0 aliphatic carbocycles. The number of aromatic nitrogens is 1. The molecular formula is C18H21NO2. The maximum Gasteiger partial charge on any atom is 0.354 e. The van der Waals surface area contributed by atoms with Crippen molar-refractivity contribution in [3.63, 3.8) is 0 Å². The second-order valence-corrected chi connectivity index (χ2v) is 5.89. The van der Waals surface area contributed by atoms with Crippen LogP contribution in [0.15, 0.2) is 36.5 Å². The van der Waals surface area contributed by atoms with Crippen molar-refractivity contribution in [2.75, 3.05) is 0 Å². The molecule has 0 fully saturated rings. The third-order valence-electron chi connectivity index (χ3n) is 3.66. The predicted octanol–water partition coefficient (Wildman–Crippen LogP) is 4.69. The van der Waals surface area contributed by atoms with Gasteiger partial charge in [0.2, 0.25) is 0 Å². The van der Waals surface area contributed by atoms with Crippen molar-refractivity contribution < 1.29 is 9.90 Å². The van der Waals surface area contributed by atoms with E-state index in [9.17, 15) is 4.79 Å². The van der Waals surface area contributed by atoms with E-state index in [0.29, 0.717) is 11.8 Å². The van der Waals surface area contributed by atoms with Crippen molar-refractivity contribution in [1.82, 2.24) is 4.98 Å². The molecule has 1 aromatic heterocycles. The van der Waals surface area contributed by atoms with E-state index >= 15 is 0 Å². The summed E-state index contributed by atoms with van der Waals surface area (Å²) in [5, 5.41) is 8.92. The molecule has 0 saturated carbocycles. The number of carbonyl (C=O) groups is 1. The SMILES string of the molecule is CC(C)c1ccc(-c2ccc(C(=O)O)nc2)c(C(C)C)c1. The first-order valence-corrected chi connectivity index (χ1v) is 7.23. The van der Waals surface area contributed by atoms with E-state index in [1.807, 2.05) is 6.07 Å². The van der Waals surface area contributed by atoms with Crippen LogP contribution in [0.5, 0.6) is 0 Å². The molecule has 2 rings (SSSR count). The molecule has 1 N–H and O–H groups in total. The lowest BCUT2D eigenvalue weighted by Crippen LogP contribution is -2.00. The lowest BCUT2D eigenvalue weighted by Gasteiger charge is -2.16. The second-order valence-electron chi connectivity index (χ2n) is 5.89. The highest BCUT2D eigenvalue weighted by molar-refractivity contribution is 5.85. The highest BCUT2D eigenvalue weighted by Crippen LogP contribution is 2.31. The Morgan fingerprint density at radius 1 is 1.05 bits per heavy atom. The van der Waals surface area contributed by atoms with Gasteiger partial charge < -0.3 is 5.11 Å². The van der Waals surface area contributed by atoms with Crippen LogP contribution in [-0.4, -0.2) is 16.1 Å². The van der Waals surface area contributed by atoms with Gasteiger partial charge in [-0.2, -0.15) is 0 Å². The Balaban J connectivity index is 2.49. The minimum absolute atomic E-state index is 0.0728. The zero-order valence-corrected chi connectivity index (χ0v) is 12.9. The zero-order chi connectivity index (χ0) is 15.6. The van der Waals surface area contributed by atoms with E-state index in [2.05, 4.69) is 50.9 Å². The van der Waals surface area contributed by atoms with Gasteiger partial charge in [0.15, 0.2) is 0 Å². The van der Waals surface area contributed by atoms with Gasteiger partial charge in [0.05, 0.1) is 0 Å². The fraction of sp³-hybridized carbons (Fsp3) is 0.333. The number of hydrogen-bond acceptors (Lipinski definition) is 2. The highest BCUT2D eigenvalue weighted by atomic mass is 16.4. The van der Waals surface area contributed by atoms with E-state index in [4.69, 9.17) is 5.11 Å². The van der Waals surface area contributed by atoms with Crippen molar-refractivity contribution in [2.24, 2.45) is 0 Å². The molecule has 0 spiro atoms. The van der Waals surface area contributed by atoms with E-state index in [1.54, 1.807) is 12.3 Å². The first-order chi connectivity index (χ1) is 9.90. The molecule has 110 valence electrons. The third-order valence-corrected chi connectivity index (χ3v) is 3.66. The summed E-state index contributed by atoms with van der Waals surface area (Å²) in [7, 11) is 0. The molecule has 0 aliphatic rings. The lowest BCUT2D eigenvalue weighted by molar-refractivity contribution is 0.0690. The van der Waals surface area contributed by atoms with Gasteiger partial charge in [-0.1, -0.05) is 52.0 Å². The summed E-state index contributed by atoms with van der Waals surface area (Å²) in [6.45, 7) is 8.70. The van der Waals surface area contributed by atoms with Gasteiger partial charge in [0.1, 0.15) is 5.69 Å². The van der Waals surface area contributed by atoms with Gasteiger partial charge in [0.25, 0.3) is 0 Å². The molecule has 1 aromatic carbocycles. The molecule has 0 bridgehead atoms. The second kappa shape index (κ2) is 6.08. The number of nitrogens with zero attached hydrogens (tertiary/aromatic N) is 1. The summed E-state index contributed by atoms with van der Waals surface area (Å²) in [6, 6.07) is 9.87. The average molecular weight is 283 g/mol. The first kappa shape index (κ1) is 15.2. The maximum atomic E-state index is 10.9. The highest BCUT2D eigenvalue weighted by Gasteiger charge is 2.12. The van der Waals surface area contributed by atoms with E-state index in [1.165, 1.54) is 11.1 Å². The minimum Gasteiger partial charge on any atom is -0.477 e. The van der Waals surface area contributed by atoms with Gasteiger partial charge in [-0.25, -0.2) is 9.78 Å². The molecule has 0 amide bonds. The largest absolute Gasteiger partial charge is 0.477 e. The fourth-order valence-electron chi connectivity index (χ4n) is 2.36. The van der Waals surface area contributed by atoms with Crippen LogP contribution in [0.25, 0.3) is 11.1 Å². The number of aromatic carboxylic acids is 1. The van der Waals surface area contributed by atoms with Crippen LogP contribution < -0.4 is 0 Å². The first-order valence-electron chi connectivity index (χ1n) is 7.23. The van der Waals surface area contributed by atoms with Crippen LogP contribution in [0, 0.1) is 0 Å². The monoisotopic (exact) mass is 283 g/mol. The number of carboxylic acid groups (broad SMARTS) is 1. The number of hydrogen-bond donors (Lipinski definition) is 1. The quantitative estimate of drug-likeness (QED) is 0.885. The van der Waals surface area contributed by atoms with Crippen LogP contribution in [0.2, 0.25) is 0 Å². The van der Waals surface area contributed by atoms with E-state index < -0.39 is 5.97 Å². The third kappa shape index (κ3) is 3.30. The van der Waals surface area contributed by atoms with Crippen molar-refractivity contribution >= 4 is 5.97 Å². The summed E-state index contributed by atoms with van der Waals surface area (Å²) in [5.74, 6) is -0.109. The fourth-order valence-corrected chi connectivity index (χ4v) is 2.36. The summed E-state index contributed by atoms with van der Waals surface area (Å²) in [5.41, 5.74) is 4.74. The summed E-state index contributed by atoms with van der Waals surface area (Å²) in [6.07, 6.45) is 1.64. The van der Waals surface area contributed by atoms with Gasteiger partial charge in [-0.3, -0.25) is 0 Å². The van der Waals surface area contributed by atoms with Crippen molar-refractivity contribution in [1.29, 1.82) is 0 Å². The summed E-state index contributed by atoms with van der Waals surface area (Å²) in [4.78, 5) is 14.9. The van der Waals surface area contributed by atoms with Crippen molar-refractivity contribution in [2.45, 2.75) is 39.5 Å². The van der Waals surface area contributed by atoms with E-state index in [0.717, 1.165) is 11.1 Å². The Morgan fingerprint density at radius 3 is 2.24 bits per heavy atom. The lowest BCUT2D eigenvalue weighted by atomic mass is 9.89. The smallest absolute Gasteiger partial charge is 0.354 e. The minimum atomic E-state index is -0.999. The molecular weight excluding hydrogens is 262 g/mol. The molecule has 0 radical (unpaired) electrons. The van der Waals surface area contributed by atoms with Crippen LogP contribution in [-0.2, 0) is 0 Å². The Labute approximate surface area is 125 Å². The Morgan fingerprint density at radius 2 is 1.76 bits per heavy atom. The molecule has 3 heteroatoms.